The number of aliphatic hydroxyl groups excluding tert-OH is 1. The van der Waals surface area contributed by atoms with Gasteiger partial charge in [-0.2, -0.15) is 13.2 Å². The highest BCUT2D eigenvalue weighted by atomic mass is 32.1. The van der Waals surface area contributed by atoms with Crippen LogP contribution in [0.2, 0.25) is 0 Å². The van der Waals surface area contributed by atoms with E-state index in [1.807, 2.05) is 11.4 Å². The molecule has 1 unspecified atom stereocenters. The largest absolute Gasteiger partial charge is 0.416 e. The van der Waals surface area contributed by atoms with E-state index in [0.717, 1.165) is 15.5 Å². The van der Waals surface area contributed by atoms with E-state index in [1.54, 1.807) is 24.4 Å². The van der Waals surface area contributed by atoms with Crippen molar-refractivity contribution < 1.29 is 23.1 Å². The van der Waals surface area contributed by atoms with E-state index < -0.39 is 24.9 Å². The van der Waals surface area contributed by atoms with E-state index >= 15 is 0 Å². The van der Waals surface area contributed by atoms with Crippen molar-refractivity contribution in [2.45, 2.75) is 12.3 Å². The molecule has 1 heterocycles. The Morgan fingerprint density at radius 3 is 2.83 bits per heavy atom. The Labute approximate surface area is 134 Å². The van der Waals surface area contributed by atoms with Gasteiger partial charge in [0.2, 0.25) is 0 Å². The van der Waals surface area contributed by atoms with E-state index in [4.69, 9.17) is 5.11 Å². The lowest BCUT2D eigenvalue weighted by Gasteiger charge is -2.22. The molecule has 0 saturated carbocycles. The zero-order valence-electron chi connectivity index (χ0n) is 12.0. The van der Waals surface area contributed by atoms with Gasteiger partial charge < -0.3 is 15.3 Å². The number of thiazole rings is 1. The molecule has 124 valence electrons. The number of likely N-dealkylation sites (N-methyl/N-ethyl adjacent to an activating group) is 1. The number of amides is 2. The molecule has 0 spiro atoms. The second kappa shape index (κ2) is 6.97. The summed E-state index contributed by atoms with van der Waals surface area (Å²) in [4.78, 5) is 16.8. The lowest BCUT2D eigenvalue weighted by atomic mass is 10.2. The maximum Gasteiger partial charge on any atom is 0.416 e. The Hall–Kier alpha value is -2.13. The zero-order valence-corrected chi connectivity index (χ0v) is 12.9. The van der Waals surface area contributed by atoms with E-state index in [1.165, 1.54) is 18.4 Å². The fourth-order valence-electron chi connectivity index (χ4n) is 1.76. The summed E-state index contributed by atoms with van der Waals surface area (Å²) in [6.07, 6.45) is -5.70. The number of hydrogen-bond donors (Lipinski definition) is 2. The van der Waals surface area contributed by atoms with E-state index in [-0.39, 0.29) is 0 Å². The van der Waals surface area contributed by atoms with Crippen molar-refractivity contribution in [3.8, 4) is 10.6 Å². The summed E-state index contributed by atoms with van der Waals surface area (Å²) >= 11 is 1.43. The van der Waals surface area contributed by atoms with Gasteiger partial charge in [-0.1, -0.05) is 12.1 Å². The van der Waals surface area contributed by atoms with Gasteiger partial charge in [-0.05, 0) is 12.1 Å². The number of nitrogens with zero attached hydrogens (tertiary/aromatic N) is 2. The molecule has 1 aromatic heterocycles. The highest BCUT2D eigenvalue weighted by Crippen LogP contribution is 2.25. The van der Waals surface area contributed by atoms with Crippen molar-refractivity contribution in [3.05, 3.63) is 35.8 Å². The first kappa shape index (κ1) is 17.2. The summed E-state index contributed by atoms with van der Waals surface area (Å²) in [6, 6.07) is 6.06. The number of hydrogen-bond acceptors (Lipinski definition) is 4. The van der Waals surface area contributed by atoms with Crippen LogP contribution in [0.1, 0.15) is 0 Å². The fourth-order valence-corrected chi connectivity index (χ4v) is 2.40. The summed E-state index contributed by atoms with van der Waals surface area (Å²) in [5, 5.41) is 14.1. The maximum atomic E-state index is 12.3. The van der Waals surface area contributed by atoms with Gasteiger partial charge in [0, 0.05) is 29.9 Å². The first-order valence-corrected chi connectivity index (χ1v) is 7.42. The van der Waals surface area contributed by atoms with Crippen molar-refractivity contribution >= 4 is 23.1 Å². The van der Waals surface area contributed by atoms with Crippen LogP contribution in [-0.4, -0.2) is 46.9 Å². The molecule has 2 N–H and O–H groups in total. The molecule has 23 heavy (non-hydrogen) atoms. The Morgan fingerprint density at radius 1 is 1.48 bits per heavy atom. The number of aliphatic hydroxyl groups is 1. The van der Waals surface area contributed by atoms with Gasteiger partial charge >= 0.3 is 12.2 Å². The van der Waals surface area contributed by atoms with Crippen LogP contribution in [0.4, 0.5) is 23.7 Å². The van der Waals surface area contributed by atoms with Gasteiger partial charge in [0.1, 0.15) is 5.01 Å². The number of anilines is 1. The smallest absolute Gasteiger partial charge is 0.382 e. The molecule has 9 heteroatoms. The predicted octanol–water partition coefficient (Wildman–Crippen LogP) is 3.20. The Morgan fingerprint density at radius 2 is 2.22 bits per heavy atom. The van der Waals surface area contributed by atoms with Crippen LogP contribution in [0.25, 0.3) is 10.6 Å². The Kier molecular flexibility index (Phi) is 5.22. The second-order valence-corrected chi connectivity index (χ2v) is 5.68. The summed E-state index contributed by atoms with van der Waals surface area (Å²) in [5.41, 5.74) is 1.21. The van der Waals surface area contributed by atoms with Crippen LogP contribution in [0.3, 0.4) is 0 Å². The van der Waals surface area contributed by atoms with Crippen molar-refractivity contribution in [3.63, 3.8) is 0 Å². The molecule has 0 aliphatic rings. The lowest BCUT2D eigenvalue weighted by molar-refractivity contribution is -0.205. The SMILES string of the molecule is CN(CC(O)C(F)(F)F)C(=O)Nc1cccc(-c2nccs2)c1. The number of carbonyl (C=O) groups is 1. The number of urea groups is 1. The van der Waals surface area contributed by atoms with Crippen LogP contribution in [0, 0.1) is 0 Å². The molecule has 2 aromatic rings. The summed E-state index contributed by atoms with van der Waals surface area (Å²) in [6.45, 7) is -0.846. The Balaban J connectivity index is 2.01. The molecule has 0 bridgehead atoms. The average Bonchev–Trinajstić information content (AvgIpc) is 3.00. The van der Waals surface area contributed by atoms with Crippen molar-refractivity contribution in [1.29, 1.82) is 0 Å². The maximum absolute atomic E-state index is 12.3. The molecule has 0 fully saturated rings. The van der Waals surface area contributed by atoms with Crippen molar-refractivity contribution in [2.24, 2.45) is 0 Å². The lowest BCUT2D eigenvalue weighted by Crippen LogP contribution is -2.43. The van der Waals surface area contributed by atoms with Crippen molar-refractivity contribution in [1.82, 2.24) is 9.88 Å². The molecule has 1 atom stereocenters. The summed E-state index contributed by atoms with van der Waals surface area (Å²) in [5.74, 6) is 0. The number of rotatable bonds is 4. The van der Waals surface area contributed by atoms with Gasteiger partial charge in [-0.3, -0.25) is 0 Å². The number of nitrogens with one attached hydrogen (secondary N) is 1. The topological polar surface area (TPSA) is 65.5 Å². The first-order chi connectivity index (χ1) is 10.8. The average molecular weight is 345 g/mol. The third-order valence-electron chi connectivity index (χ3n) is 2.96. The number of carbonyl (C=O) groups excluding carboxylic acids is 1. The van der Waals surface area contributed by atoms with E-state index in [2.05, 4.69) is 10.3 Å². The molecule has 2 amide bonds. The highest BCUT2D eigenvalue weighted by molar-refractivity contribution is 7.13. The van der Waals surface area contributed by atoms with E-state index in [9.17, 15) is 18.0 Å². The summed E-state index contributed by atoms with van der Waals surface area (Å²) < 4.78 is 36.9. The number of halogens is 3. The fraction of sp³-hybridized carbons (Fsp3) is 0.286. The standard InChI is InChI=1S/C14H14F3N3O2S/c1-20(8-11(21)14(15,16)17)13(22)19-10-4-2-3-9(7-10)12-18-5-6-23-12/h2-7,11,21H,8H2,1H3,(H,19,22). The van der Waals surface area contributed by atoms with Crippen LogP contribution < -0.4 is 5.32 Å². The van der Waals surface area contributed by atoms with Gasteiger partial charge in [0.05, 0.1) is 6.54 Å². The molecule has 5 nitrogen and oxygen atoms in total. The third-order valence-corrected chi connectivity index (χ3v) is 3.79. The molecular weight excluding hydrogens is 331 g/mol. The van der Waals surface area contributed by atoms with Crippen LogP contribution in [0.15, 0.2) is 35.8 Å². The minimum Gasteiger partial charge on any atom is -0.382 e. The first-order valence-electron chi connectivity index (χ1n) is 6.54. The monoisotopic (exact) mass is 345 g/mol. The normalized spacial score (nSPS) is 12.7. The Bertz CT molecular complexity index is 662. The molecule has 0 saturated heterocycles. The number of benzene rings is 1. The molecular formula is C14H14F3N3O2S. The van der Waals surface area contributed by atoms with Crippen LogP contribution >= 0.6 is 11.3 Å². The molecule has 0 aliphatic heterocycles. The molecule has 0 aliphatic carbocycles. The minimum atomic E-state index is -4.76. The van der Waals surface area contributed by atoms with E-state index in [0.29, 0.717) is 5.69 Å². The van der Waals surface area contributed by atoms with Gasteiger partial charge in [-0.25, -0.2) is 9.78 Å². The second-order valence-electron chi connectivity index (χ2n) is 4.79. The zero-order chi connectivity index (χ0) is 17.0. The number of aromatic nitrogens is 1. The van der Waals surface area contributed by atoms with Crippen LogP contribution in [0.5, 0.6) is 0 Å². The molecule has 2 rings (SSSR count). The third kappa shape index (κ3) is 4.67. The minimum absolute atomic E-state index is 0.427. The molecule has 1 aromatic carbocycles. The van der Waals surface area contributed by atoms with Gasteiger partial charge in [0.25, 0.3) is 0 Å². The summed E-state index contributed by atoms with van der Waals surface area (Å²) in [7, 11) is 1.18. The van der Waals surface area contributed by atoms with Crippen LogP contribution in [-0.2, 0) is 0 Å². The molecule has 0 radical (unpaired) electrons. The number of alkyl halides is 3. The van der Waals surface area contributed by atoms with Gasteiger partial charge in [-0.15, -0.1) is 11.3 Å². The van der Waals surface area contributed by atoms with Crippen molar-refractivity contribution in [2.75, 3.05) is 18.9 Å². The highest BCUT2D eigenvalue weighted by Gasteiger charge is 2.39. The van der Waals surface area contributed by atoms with Gasteiger partial charge in [0.15, 0.2) is 6.10 Å². The predicted molar refractivity (Wildman–Crippen MR) is 81.3 cm³/mol. The quantitative estimate of drug-likeness (QED) is 0.894.